The van der Waals surface area contributed by atoms with Crippen molar-refractivity contribution >= 4 is 11.9 Å². The van der Waals surface area contributed by atoms with E-state index in [0.717, 1.165) is 44.9 Å². The lowest BCUT2D eigenvalue weighted by Crippen LogP contribution is -2.05. The molecule has 0 atom stereocenters. The molecule has 0 heterocycles. The Morgan fingerprint density at radius 3 is 2.06 bits per heavy atom. The van der Waals surface area contributed by atoms with Gasteiger partial charge in [-0.3, -0.25) is 9.68 Å². The van der Waals surface area contributed by atoms with E-state index in [4.69, 9.17) is 5.11 Å². The first-order chi connectivity index (χ1) is 8.66. The van der Waals surface area contributed by atoms with Gasteiger partial charge in [0.25, 0.3) is 0 Å². The van der Waals surface area contributed by atoms with Crippen LogP contribution in [0, 0.1) is 0 Å². The molecule has 0 aromatic heterocycles. The summed E-state index contributed by atoms with van der Waals surface area (Å²) in [6.07, 6.45) is 6.96. The second kappa shape index (κ2) is 12.4. The Kier molecular flexibility index (Phi) is 11.6. The summed E-state index contributed by atoms with van der Waals surface area (Å²) in [6, 6.07) is 0. The van der Waals surface area contributed by atoms with E-state index >= 15 is 0 Å². The molecule has 0 saturated heterocycles. The van der Waals surface area contributed by atoms with Crippen LogP contribution in [0.1, 0.15) is 64.7 Å². The number of rotatable bonds is 12. The Morgan fingerprint density at radius 2 is 1.50 bits per heavy atom. The van der Waals surface area contributed by atoms with E-state index in [1.54, 1.807) is 0 Å². The zero-order valence-corrected chi connectivity index (χ0v) is 11.2. The van der Waals surface area contributed by atoms with Gasteiger partial charge >= 0.3 is 11.9 Å². The zero-order chi connectivity index (χ0) is 13.6. The first kappa shape index (κ1) is 16.9. The molecule has 0 spiro atoms. The molecule has 0 aliphatic heterocycles. The van der Waals surface area contributed by atoms with E-state index in [-0.39, 0.29) is 12.4 Å². The highest BCUT2D eigenvalue weighted by Gasteiger charge is 2.03. The van der Waals surface area contributed by atoms with Gasteiger partial charge in [-0.15, -0.1) is 0 Å². The molecule has 18 heavy (non-hydrogen) atoms. The molecule has 0 unspecified atom stereocenters. The Labute approximate surface area is 108 Å². The van der Waals surface area contributed by atoms with Crippen molar-refractivity contribution in [2.24, 2.45) is 0 Å². The summed E-state index contributed by atoms with van der Waals surface area (Å²) in [7, 11) is 0. The van der Waals surface area contributed by atoms with Gasteiger partial charge in [0.1, 0.15) is 0 Å². The molecular weight excluding hydrogens is 236 g/mol. The molecule has 0 radical (unpaired) electrons. The molecule has 1 N–H and O–H groups in total. The summed E-state index contributed by atoms with van der Waals surface area (Å²) in [5.41, 5.74) is 0. The number of carbonyl (C=O) groups is 2. The first-order valence-corrected chi connectivity index (χ1v) is 6.71. The minimum absolute atomic E-state index is 0.251. The van der Waals surface area contributed by atoms with Crippen LogP contribution < -0.4 is 0 Å². The number of carboxylic acid groups (broad SMARTS) is 1. The molecule has 5 heteroatoms. The molecule has 0 amide bonds. The van der Waals surface area contributed by atoms with Crippen LogP contribution in [0.3, 0.4) is 0 Å². The predicted molar refractivity (Wildman–Crippen MR) is 66.9 cm³/mol. The van der Waals surface area contributed by atoms with Gasteiger partial charge in [-0.05, 0) is 19.3 Å². The van der Waals surface area contributed by atoms with E-state index in [2.05, 4.69) is 9.78 Å². The van der Waals surface area contributed by atoms with Gasteiger partial charge < -0.3 is 5.11 Å². The van der Waals surface area contributed by atoms with Gasteiger partial charge in [-0.25, -0.2) is 4.79 Å². The van der Waals surface area contributed by atoms with Crippen molar-refractivity contribution in [2.45, 2.75) is 64.7 Å². The summed E-state index contributed by atoms with van der Waals surface area (Å²) >= 11 is 0. The Morgan fingerprint density at radius 1 is 0.944 bits per heavy atom. The third-order valence-electron chi connectivity index (χ3n) is 2.46. The smallest absolute Gasteiger partial charge is 0.342 e. The maximum atomic E-state index is 11.1. The molecular formula is C13H24O5. The summed E-state index contributed by atoms with van der Waals surface area (Å²) < 4.78 is 0. The molecule has 0 aliphatic rings. The van der Waals surface area contributed by atoms with Crippen molar-refractivity contribution < 1.29 is 24.5 Å². The van der Waals surface area contributed by atoms with Crippen LogP contribution in [0.4, 0.5) is 0 Å². The van der Waals surface area contributed by atoms with Crippen LogP contribution in [0.15, 0.2) is 0 Å². The van der Waals surface area contributed by atoms with Gasteiger partial charge in [0, 0.05) is 12.8 Å². The lowest BCUT2D eigenvalue weighted by molar-refractivity contribution is -0.272. The normalized spacial score (nSPS) is 10.3. The predicted octanol–water partition coefficient (Wildman–Crippen LogP) is 3.08. The second-order valence-electron chi connectivity index (χ2n) is 4.29. The third-order valence-corrected chi connectivity index (χ3v) is 2.46. The van der Waals surface area contributed by atoms with Gasteiger partial charge in [0.2, 0.25) is 0 Å². The summed E-state index contributed by atoms with van der Waals surface area (Å²) in [6.45, 7) is 2.38. The minimum atomic E-state index is -0.732. The molecule has 0 aromatic carbocycles. The lowest BCUT2D eigenvalue weighted by atomic mass is 10.1. The van der Waals surface area contributed by atoms with Gasteiger partial charge in [0.05, 0.1) is 6.61 Å². The van der Waals surface area contributed by atoms with E-state index in [1.165, 1.54) is 0 Å². The Balaban J connectivity index is 3.15. The zero-order valence-electron chi connectivity index (χ0n) is 11.2. The monoisotopic (exact) mass is 260 g/mol. The fourth-order valence-corrected chi connectivity index (χ4v) is 1.49. The SMILES string of the molecule is CCCOOC(=O)CCCCCCCCC(=O)O. The highest BCUT2D eigenvalue weighted by molar-refractivity contribution is 5.68. The number of hydrogen-bond donors (Lipinski definition) is 1. The minimum Gasteiger partial charge on any atom is -0.481 e. The fourth-order valence-electron chi connectivity index (χ4n) is 1.49. The van der Waals surface area contributed by atoms with Crippen molar-refractivity contribution in [2.75, 3.05) is 6.61 Å². The Hall–Kier alpha value is -1.10. The third kappa shape index (κ3) is 13.0. The molecule has 106 valence electrons. The number of hydrogen-bond acceptors (Lipinski definition) is 4. The van der Waals surface area contributed by atoms with Gasteiger partial charge in [-0.2, -0.15) is 4.89 Å². The quantitative estimate of drug-likeness (QED) is 0.331. The summed E-state index contributed by atoms with van der Waals surface area (Å²) in [5.74, 6) is -1.04. The number of aliphatic carboxylic acids is 1. The van der Waals surface area contributed by atoms with Crippen molar-refractivity contribution in [3.63, 3.8) is 0 Å². The van der Waals surface area contributed by atoms with Gasteiger partial charge in [0.15, 0.2) is 0 Å². The van der Waals surface area contributed by atoms with E-state index in [9.17, 15) is 9.59 Å². The van der Waals surface area contributed by atoms with E-state index in [1.807, 2.05) is 6.92 Å². The first-order valence-electron chi connectivity index (χ1n) is 6.71. The standard InChI is InChI=1S/C13H24O5/c1-2-11-17-18-13(16)10-8-6-4-3-5-7-9-12(14)15/h2-11H2,1H3,(H,14,15). The van der Waals surface area contributed by atoms with Crippen LogP contribution >= 0.6 is 0 Å². The number of unbranched alkanes of at least 4 members (excludes halogenated alkanes) is 5. The molecule has 5 nitrogen and oxygen atoms in total. The van der Waals surface area contributed by atoms with Crippen molar-refractivity contribution in [3.8, 4) is 0 Å². The molecule has 0 aliphatic carbocycles. The van der Waals surface area contributed by atoms with Crippen molar-refractivity contribution in [3.05, 3.63) is 0 Å². The van der Waals surface area contributed by atoms with E-state index in [0.29, 0.717) is 13.0 Å². The molecule has 0 saturated carbocycles. The van der Waals surface area contributed by atoms with Crippen LogP contribution in [-0.4, -0.2) is 23.7 Å². The van der Waals surface area contributed by atoms with Crippen LogP contribution in [-0.2, 0) is 19.4 Å². The Bertz CT molecular complexity index is 227. The van der Waals surface area contributed by atoms with Crippen LogP contribution in [0.25, 0.3) is 0 Å². The highest BCUT2D eigenvalue weighted by Crippen LogP contribution is 2.09. The maximum absolute atomic E-state index is 11.1. The van der Waals surface area contributed by atoms with Crippen LogP contribution in [0.5, 0.6) is 0 Å². The lowest BCUT2D eigenvalue weighted by Gasteiger charge is -2.02. The largest absolute Gasteiger partial charge is 0.481 e. The van der Waals surface area contributed by atoms with E-state index < -0.39 is 5.97 Å². The fraction of sp³-hybridized carbons (Fsp3) is 0.846. The van der Waals surface area contributed by atoms with Crippen LogP contribution in [0.2, 0.25) is 0 Å². The maximum Gasteiger partial charge on any atom is 0.342 e. The van der Waals surface area contributed by atoms with Crippen molar-refractivity contribution in [1.82, 2.24) is 0 Å². The van der Waals surface area contributed by atoms with Crippen molar-refractivity contribution in [1.29, 1.82) is 0 Å². The average Bonchev–Trinajstić information content (AvgIpc) is 2.32. The highest BCUT2D eigenvalue weighted by atomic mass is 17.2. The average molecular weight is 260 g/mol. The number of carbonyl (C=O) groups excluding carboxylic acids is 1. The summed E-state index contributed by atoms with van der Waals surface area (Å²) in [4.78, 5) is 30.6. The molecule has 0 fully saturated rings. The summed E-state index contributed by atoms with van der Waals surface area (Å²) in [5, 5.41) is 8.44. The molecule has 0 bridgehead atoms. The molecule has 0 aromatic rings. The number of carboxylic acids is 1. The topological polar surface area (TPSA) is 72.8 Å². The molecule has 0 rings (SSSR count). The van der Waals surface area contributed by atoms with Gasteiger partial charge in [-0.1, -0.05) is 32.6 Å². The second-order valence-corrected chi connectivity index (χ2v) is 4.29.